The smallest absolute Gasteiger partial charge is 0.342 e. The highest BCUT2D eigenvalue weighted by molar-refractivity contribution is 7.54. The number of hydrogen-bond acceptors (Lipinski definition) is 2. The van der Waals surface area contributed by atoms with Crippen molar-refractivity contribution in [3.63, 3.8) is 0 Å². The lowest BCUT2D eigenvalue weighted by Gasteiger charge is -2.19. The summed E-state index contributed by atoms with van der Waals surface area (Å²) in [6.07, 6.45) is 0. The third kappa shape index (κ3) is 1.56. The summed E-state index contributed by atoms with van der Waals surface area (Å²) < 4.78 is 10.4. The first-order valence-electron chi connectivity index (χ1n) is 2.48. The Morgan fingerprint density at radius 1 is 1.40 bits per heavy atom. The molecule has 6 heteroatoms. The molecule has 0 aromatic carbocycles. The van der Waals surface area contributed by atoms with Crippen molar-refractivity contribution in [2.45, 2.75) is 19.0 Å². The van der Waals surface area contributed by atoms with Crippen molar-refractivity contribution in [3.8, 4) is 0 Å². The van der Waals surface area contributed by atoms with Crippen molar-refractivity contribution in [2.24, 2.45) is 0 Å². The Labute approximate surface area is 57.8 Å². The van der Waals surface area contributed by atoms with Gasteiger partial charge in [0.25, 0.3) is 0 Å². The van der Waals surface area contributed by atoms with Crippen LogP contribution in [0.1, 0.15) is 13.8 Å². The largest absolute Gasteiger partial charge is 0.480 e. The van der Waals surface area contributed by atoms with Crippen LogP contribution in [0.5, 0.6) is 0 Å². The molecule has 0 spiro atoms. The van der Waals surface area contributed by atoms with Crippen molar-refractivity contribution in [3.05, 3.63) is 0 Å². The van der Waals surface area contributed by atoms with Crippen LogP contribution in [0.3, 0.4) is 0 Å². The number of carbonyl (C=O) groups is 1. The van der Waals surface area contributed by atoms with Crippen LogP contribution < -0.4 is 0 Å². The lowest BCUT2D eigenvalue weighted by molar-refractivity contribution is -0.139. The molecular weight excluding hydrogens is 159 g/mol. The second-order valence-corrected chi connectivity index (χ2v) is 4.61. The minimum absolute atomic E-state index is 0.982. The lowest BCUT2D eigenvalue weighted by Crippen LogP contribution is -2.30. The molecule has 0 aromatic heterocycles. The molecule has 0 amide bonds. The number of rotatable bonds is 2. The van der Waals surface area contributed by atoms with E-state index in [0.29, 0.717) is 0 Å². The van der Waals surface area contributed by atoms with Crippen LogP contribution in [0.4, 0.5) is 0 Å². The monoisotopic (exact) mass is 168 g/mol. The topological polar surface area (TPSA) is 94.8 Å². The molecule has 10 heavy (non-hydrogen) atoms. The first-order valence-corrected chi connectivity index (χ1v) is 4.10. The van der Waals surface area contributed by atoms with Gasteiger partial charge in [-0.05, 0) is 13.8 Å². The molecule has 0 unspecified atom stereocenters. The molecular formula is C4H9O5P. The van der Waals surface area contributed by atoms with Crippen LogP contribution >= 0.6 is 7.60 Å². The molecule has 0 aromatic rings. The molecule has 0 saturated heterocycles. The van der Waals surface area contributed by atoms with Crippen LogP contribution in [0.15, 0.2) is 0 Å². The molecule has 0 fully saturated rings. The van der Waals surface area contributed by atoms with Gasteiger partial charge in [-0.15, -0.1) is 0 Å². The molecule has 0 aliphatic heterocycles. The summed E-state index contributed by atoms with van der Waals surface area (Å²) in [7, 11) is -4.52. The van der Waals surface area contributed by atoms with Gasteiger partial charge < -0.3 is 14.9 Å². The first kappa shape index (κ1) is 9.62. The van der Waals surface area contributed by atoms with Gasteiger partial charge in [-0.1, -0.05) is 0 Å². The Bertz CT molecular complexity index is 190. The summed E-state index contributed by atoms with van der Waals surface area (Å²) in [5, 5.41) is 6.31. The summed E-state index contributed by atoms with van der Waals surface area (Å²) in [5.74, 6) is -1.50. The summed E-state index contributed by atoms with van der Waals surface area (Å²) in [5.41, 5.74) is 0. The maximum Gasteiger partial charge on any atom is 0.342 e. The van der Waals surface area contributed by atoms with Gasteiger partial charge in [-0.25, -0.2) is 0 Å². The van der Waals surface area contributed by atoms with E-state index in [4.69, 9.17) is 14.9 Å². The molecule has 0 heterocycles. The highest BCUT2D eigenvalue weighted by atomic mass is 31.2. The Balaban J connectivity index is 4.75. The average Bonchev–Trinajstić information content (AvgIpc) is 1.62. The predicted octanol–water partition coefficient (Wildman–Crippen LogP) is 0.0273. The van der Waals surface area contributed by atoms with Crippen molar-refractivity contribution in [1.82, 2.24) is 0 Å². The fourth-order valence-corrected chi connectivity index (χ4v) is 0.374. The SMILES string of the molecule is CC(C)(C(=O)O)P(=O)(O)O. The second-order valence-electron chi connectivity index (χ2n) is 2.41. The molecule has 0 aliphatic carbocycles. The number of aliphatic carboxylic acids is 1. The Morgan fingerprint density at radius 2 is 1.70 bits per heavy atom. The number of hydrogen-bond donors (Lipinski definition) is 3. The van der Waals surface area contributed by atoms with Gasteiger partial charge in [0.05, 0.1) is 0 Å². The Kier molecular flexibility index (Phi) is 2.25. The van der Waals surface area contributed by atoms with Gasteiger partial charge >= 0.3 is 13.6 Å². The van der Waals surface area contributed by atoms with Crippen molar-refractivity contribution in [1.29, 1.82) is 0 Å². The fourth-order valence-electron chi connectivity index (χ4n) is 0.125. The molecule has 0 radical (unpaired) electrons. The quantitative estimate of drug-likeness (QED) is 0.505. The zero-order valence-electron chi connectivity index (χ0n) is 5.61. The number of carboxylic acids is 1. The van der Waals surface area contributed by atoms with E-state index in [2.05, 4.69) is 0 Å². The van der Waals surface area contributed by atoms with E-state index < -0.39 is 18.7 Å². The molecule has 0 rings (SSSR count). The van der Waals surface area contributed by atoms with Crippen molar-refractivity contribution >= 4 is 13.6 Å². The number of carboxylic acid groups (broad SMARTS) is 1. The van der Waals surface area contributed by atoms with Gasteiger partial charge in [0.1, 0.15) is 0 Å². The summed E-state index contributed by atoms with van der Waals surface area (Å²) >= 11 is 0. The van der Waals surface area contributed by atoms with Crippen LogP contribution in [-0.4, -0.2) is 26.0 Å². The summed E-state index contributed by atoms with van der Waals surface area (Å²) in [6.45, 7) is 1.96. The highest BCUT2D eigenvalue weighted by Crippen LogP contribution is 2.49. The van der Waals surface area contributed by atoms with Crippen LogP contribution in [-0.2, 0) is 9.36 Å². The molecule has 0 bridgehead atoms. The van der Waals surface area contributed by atoms with E-state index in [1.54, 1.807) is 0 Å². The maximum atomic E-state index is 10.4. The second kappa shape index (κ2) is 2.34. The summed E-state index contributed by atoms with van der Waals surface area (Å²) in [4.78, 5) is 27.1. The highest BCUT2D eigenvalue weighted by Gasteiger charge is 2.44. The third-order valence-electron chi connectivity index (χ3n) is 1.25. The van der Waals surface area contributed by atoms with Crippen molar-refractivity contribution < 1.29 is 24.3 Å². The molecule has 3 N–H and O–H groups in total. The zero-order chi connectivity index (χ0) is 8.58. The van der Waals surface area contributed by atoms with E-state index in [9.17, 15) is 9.36 Å². The molecule has 0 aliphatic rings. The van der Waals surface area contributed by atoms with E-state index >= 15 is 0 Å². The average molecular weight is 168 g/mol. The van der Waals surface area contributed by atoms with Crippen LogP contribution in [0, 0.1) is 0 Å². The first-order chi connectivity index (χ1) is 4.19. The lowest BCUT2D eigenvalue weighted by atomic mass is 10.2. The minimum Gasteiger partial charge on any atom is -0.480 e. The van der Waals surface area contributed by atoms with Crippen LogP contribution in [0.2, 0.25) is 0 Å². The fraction of sp³-hybridized carbons (Fsp3) is 0.750. The van der Waals surface area contributed by atoms with Gasteiger partial charge in [0.15, 0.2) is 5.16 Å². The normalized spacial score (nSPS) is 13.2. The Hall–Kier alpha value is -0.380. The van der Waals surface area contributed by atoms with Gasteiger partial charge in [-0.2, -0.15) is 0 Å². The molecule has 60 valence electrons. The van der Waals surface area contributed by atoms with E-state index in [-0.39, 0.29) is 0 Å². The maximum absolute atomic E-state index is 10.4. The van der Waals surface area contributed by atoms with Gasteiger partial charge in [0, 0.05) is 0 Å². The summed E-state index contributed by atoms with van der Waals surface area (Å²) in [6, 6.07) is 0. The Morgan fingerprint density at radius 3 is 1.70 bits per heavy atom. The van der Waals surface area contributed by atoms with E-state index in [1.807, 2.05) is 0 Å². The zero-order valence-corrected chi connectivity index (χ0v) is 6.50. The van der Waals surface area contributed by atoms with Crippen LogP contribution in [0.25, 0.3) is 0 Å². The van der Waals surface area contributed by atoms with E-state index in [1.165, 1.54) is 0 Å². The van der Waals surface area contributed by atoms with Crippen molar-refractivity contribution in [2.75, 3.05) is 0 Å². The molecule has 5 nitrogen and oxygen atoms in total. The molecule has 0 atom stereocenters. The standard InChI is InChI=1S/C4H9O5P/c1-4(2,3(5)6)10(7,8)9/h1-2H3,(H,5,6)(H2,7,8,9). The minimum atomic E-state index is -4.52. The predicted molar refractivity (Wildman–Crippen MR) is 33.8 cm³/mol. The van der Waals surface area contributed by atoms with E-state index in [0.717, 1.165) is 13.8 Å². The van der Waals surface area contributed by atoms with Gasteiger partial charge in [-0.3, -0.25) is 9.36 Å². The molecule has 0 saturated carbocycles. The third-order valence-corrected chi connectivity index (χ3v) is 2.90. The van der Waals surface area contributed by atoms with Gasteiger partial charge in [0.2, 0.25) is 0 Å².